The molecule has 1 heterocycles. The average Bonchev–Trinajstić information content (AvgIpc) is 3.22. The Morgan fingerprint density at radius 3 is 2.95 bits per heavy atom. The van der Waals surface area contributed by atoms with Crippen molar-refractivity contribution in [2.75, 3.05) is 0 Å². The Kier molecular flexibility index (Phi) is 2.62. The molecule has 1 atom stereocenters. The van der Waals surface area contributed by atoms with Crippen LogP contribution in [0.15, 0.2) is 18.2 Å². The van der Waals surface area contributed by atoms with Gasteiger partial charge in [0.1, 0.15) is 0 Å². The maximum absolute atomic E-state index is 11.9. The molecule has 104 valence electrons. The first-order chi connectivity index (χ1) is 9.70. The summed E-state index contributed by atoms with van der Waals surface area (Å²) in [5, 5.41) is 4.58. The second-order valence-corrected chi connectivity index (χ2v) is 6.35. The predicted octanol–water partition coefficient (Wildman–Crippen LogP) is 2.86. The van der Waals surface area contributed by atoms with E-state index in [4.69, 9.17) is 0 Å². The second kappa shape index (κ2) is 4.37. The summed E-state index contributed by atoms with van der Waals surface area (Å²) in [5.41, 5.74) is 5.30. The molecule has 1 amide bonds. The van der Waals surface area contributed by atoms with Gasteiger partial charge in [-0.15, -0.1) is 0 Å². The lowest BCUT2D eigenvalue weighted by molar-refractivity contribution is -0.123. The molecule has 0 bridgehead atoms. The van der Waals surface area contributed by atoms with Crippen LogP contribution in [0.2, 0.25) is 0 Å². The van der Waals surface area contributed by atoms with Crippen molar-refractivity contribution in [2.45, 2.75) is 45.1 Å². The van der Waals surface area contributed by atoms with Gasteiger partial charge in [0.05, 0.1) is 0 Å². The number of carbonyl (C=O) groups is 1. The van der Waals surface area contributed by atoms with Gasteiger partial charge in [0.25, 0.3) is 0 Å². The molecule has 1 fully saturated rings. The number of aromatic nitrogens is 1. The highest BCUT2D eigenvalue weighted by molar-refractivity contribution is 5.86. The number of carbonyl (C=O) groups excluding carboxylic acids is 1. The summed E-state index contributed by atoms with van der Waals surface area (Å²) < 4.78 is 0. The van der Waals surface area contributed by atoms with E-state index >= 15 is 0 Å². The summed E-state index contributed by atoms with van der Waals surface area (Å²) in [7, 11) is 0. The first kappa shape index (κ1) is 12.0. The third-order valence-corrected chi connectivity index (χ3v) is 4.64. The molecule has 2 N–H and O–H groups in total. The molecule has 3 heteroatoms. The van der Waals surface area contributed by atoms with Crippen LogP contribution in [0.4, 0.5) is 0 Å². The number of nitrogens with one attached hydrogen (secondary N) is 2. The molecule has 0 spiro atoms. The van der Waals surface area contributed by atoms with Gasteiger partial charge in [-0.2, -0.15) is 0 Å². The van der Waals surface area contributed by atoms with Gasteiger partial charge in [-0.3, -0.25) is 4.79 Å². The number of amides is 1. The van der Waals surface area contributed by atoms with Crippen molar-refractivity contribution in [3.8, 4) is 0 Å². The quantitative estimate of drug-likeness (QED) is 0.864. The Morgan fingerprint density at radius 2 is 2.15 bits per heavy atom. The standard InChI is InChI=1S/C17H20N2O/c1-10-2-6-15-13(8-10)14-9-12(5-7-16(14)19-15)18-17(20)11-3-4-11/h2,6,8,11-12,19H,3-5,7,9H2,1H3,(H,18,20). The van der Waals surface area contributed by atoms with Gasteiger partial charge in [0.2, 0.25) is 5.91 Å². The third kappa shape index (κ3) is 2.01. The molecule has 2 aliphatic carbocycles. The van der Waals surface area contributed by atoms with E-state index in [-0.39, 0.29) is 5.91 Å². The van der Waals surface area contributed by atoms with Crippen LogP contribution in [-0.4, -0.2) is 16.9 Å². The van der Waals surface area contributed by atoms with E-state index in [0.717, 1.165) is 32.1 Å². The predicted molar refractivity (Wildman–Crippen MR) is 79.7 cm³/mol. The molecule has 1 aromatic carbocycles. The Balaban J connectivity index is 1.62. The highest BCUT2D eigenvalue weighted by Gasteiger charge is 2.32. The molecular weight excluding hydrogens is 248 g/mol. The first-order valence-electron chi connectivity index (χ1n) is 7.61. The van der Waals surface area contributed by atoms with Crippen molar-refractivity contribution in [1.29, 1.82) is 0 Å². The summed E-state index contributed by atoms with van der Waals surface area (Å²) >= 11 is 0. The third-order valence-electron chi connectivity index (χ3n) is 4.64. The average molecular weight is 268 g/mol. The number of H-pyrrole nitrogens is 1. The van der Waals surface area contributed by atoms with Crippen molar-refractivity contribution in [2.24, 2.45) is 5.92 Å². The zero-order valence-electron chi connectivity index (χ0n) is 11.8. The molecule has 4 rings (SSSR count). The van der Waals surface area contributed by atoms with Gasteiger partial charge < -0.3 is 10.3 Å². The van der Waals surface area contributed by atoms with Gasteiger partial charge in [0, 0.05) is 28.6 Å². The first-order valence-corrected chi connectivity index (χ1v) is 7.61. The smallest absolute Gasteiger partial charge is 0.223 e. The number of aryl methyl sites for hydroxylation is 2. The van der Waals surface area contributed by atoms with Crippen LogP contribution in [0.1, 0.15) is 36.1 Å². The van der Waals surface area contributed by atoms with E-state index in [2.05, 4.69) is 35.4 Å². The summed E-state index contributed by atoms with van der Waals surface area (Å²) in [6, 6.07) is 6.89. The van der Waals surface area contributed by atoms with Gasteiger partial charge in [-0.25, -0.2) is 0 Å². The zero-order chi connectivity index (χ0) is 13.7. The van der Waals surface area contributed by atoms with Crippen LogP contribution in [-0.2, 0) is 17.6 Å². The molecule has 20 heavy (non-hydrogen) atoms. The van der Waals surface area contributed by atoms with Gasteiger partial charge in [-0.05, 0) is 56.7 Å². The lowest BCUT2D eigenvalue weighted by Gasteiger charge is -2.23. The second-order valence-electron chi connectivity index (χ2n) is 6.35. The monoisotopic (exact) mass is 268 g/mol. The molecule has 2 aromatic rings. The fraction of sp³-hybridized carbons (Fsp3) is 0.471. The summed E-state index contributed by atoms with van der Waals surface area (Å²) in [4.78, 5) is 15.5. The number of hydrogen-bond acceptors (Lipinski definition) is 1. The van der Waals surface area contributed by atoms with Gasteiger partial charge >= 0.3 is 0 Å². The molecule has 1 aromatic heterocycles. The van der Waals surface area contributed by atoms with Gasteiger partial charge in [0.15, 0.2) is 0 Å². The van der Waals surface area contributed by atoms with E-state index in [1.165, 1.54) is 27.7 Å². The minimum Gasteiger partial charge on any atom is -0.358 e. The number of aromatic amines is 1. The van der Waals surface area contributed by atoms with Crippen LogP contribution in [0.5, 0.6) is 0 Å². The summed E-state index contributed by atoms with van der Waals surface area (Å²) in [6.45, 7) is 2.13. The van der Waals surface area contributed by atoms with E-state index in [1.807, 2.05) is 0 Å². The molecule has 0 radical (unpaired) electrons. The van der Waals surface area contributed by atoms with Crippen molar-refractivity contribution in [3.63, 3.8) is 0 Å². The highest BCUT2D eigenvalue weighted by Crippen LogP contribution is 2.32. The Hall–Kier alpha value is -1.77. The topological polar surface area (TPSA) is 44.9 Å². The largest absolute Gasteiger partial charge is 0.358 e. The summed E-state index contributed by atoms with van der Waals surface area (Å²) in [5.74, 6) is 0.580. The number of fused-ring (bicyclic) bond motifs is 3. The summed E-state index contributed by atoms with van der Waals surface area (Å²) in [6.07, 6.45) is 5.22. The fourth-order valence-corrected chi connectivity index (χ4v) is 3.32. The van der Waals surface area contributed by atoms with Crippen LogP contribution in [0.25, 0.3) is 10.9 Å². The number of hydrogen-bond donors (Lipinski definition) is 2. The van der Waals surface area contributed by atoms with Crippen molar-refractivity contribution < 1.29 is 4.79 Å². The van der Waals surface area contributed by atoms with Crippen LogP contribution in [0, 0.1) is 12.8 Å². The molecule has 0 aliphatic heterocycles. The van der Waals surface area contributed by atoms with Gasteiger partial charge in [-0.1, -0.05) is 11.6 Å². The normalized spacial score (nSPS) is 21.8. The number of benzene rings is 1. The molecule has 1 unspecified atom stereocenters. The van der Waals surface area contributed by atoms with Crippen LogP contribution >= 0.6 is 0 Å². The fourth-order valence-electron chi connectivity index (χ4n) is 3.32. The molecular formula is C17H20N2O. The van der Waals surface area contributed by atoms with Crippen molar-refractivity contribution in [3.05, 3.63) is 35.0 Å². The van der Waals surface area contributed by atoms with E-state index in [9.17, 15) is 4.79 Å². The minimum atomic E-state index is 0.273. The maximum Gasteiger partial charge on any atom is 0.223 e. The highest BCUT2D eigenvalue weighted by atomic mass is 16.2. The SMILES string of the molecule is Cc1ccc2[nH]c3c(c2c1)CC(NC(=O)C1CC1)CC3. The molecule has 0 saturated heterocycles. The Bertz CT molecular complexity index is 682. The van der Waals surface area contributed by atoms with Crippen molar-refractivity contribution in [1.82, 2.24) is 10.3 Å². The lowest BCUT2D eigenvalue weighted by atomic mass is 9.91. The zero-order valence-corrected chi connectivity index (χ0v) is 11.8. The van der Waals surface area contributed by atoms with Crippen molar-refractivity contribution >= 4 is 16.8 Å². The number of rotatable bonds is 2. The molecule has 2 aliphatic rings. The minimum absolute atomic E-state index is 0.273. The van der Waals surface area contributed by atoms with Crippen LogP contribution < -0.4 is 5.32 Å². The van der Waals surface area contributed by atoms with Crippen LogP contribution in [0.3, 0.4) is 0 Å². The molecule has 1 saturated carbocycles. The van der Waals surface area contributed by atoms with E-state index in [0.29, 0.717) is 12.0 Å². The van der Waals surface area contributed by atoms with E-state index in [1.54, 1.807) is 0 Å². The Labute approximate surface area is 118 Å². The molecule has 3 nitrogen and oxygen atoms in total. The Morgan fingerprint density at radius 1 is 1.30 bits per heavy atom. The maximum atomic E-state index is 11.9. The van der Waals surface area contributed by atoms with E-state index < -0.39 is 0 Å². The lowest BCUT2D eigenvalue weighted by Crippen LogP contribution is -2.39.